The molecule has 0 aliphatic heterocycles. The van der Waals surface area contributed by atoms with Crippen molar-refractivity contribution in [2.45, 2.75) is 25.9 Å². The maximum absolute atomic E-state index is 13.6. The summed E-state index contributed by atoms with van der Waals surface area (Å²) in [7, 11) is 1.37. The van der Waals surface area contributed by atoms with Gasteiger partial charge in [0.2, 0.25) is 0 Å². The molecule has 1 amide bonds. The van der Waals surface area contributed by atoms with Crippen LogP contribution in [0.15, 0.2) is 48.5 Å². The first-order valence-corrected chi connectivity index (χ1v) is 8.33. The van der Waals surface area contributed by atoms with E-state index in [4.69, 9.17) is 9.47 Å². The minimum Gasteiger partial charge on any atom is -0.494 e. The normalized spacial score (nSPS) is 11.5. The van der Waals surface area contributed by atoms with Crippen LogP contribution in [0.25, 0.3) is 0 Å². The molecule has 0 aliphatic rings. The fraction of sp³-hybridized carbons (Fsp3) is 0.300. The van der Waals surface area contributed by atoms with Crippen molar-refractivity contribution < 1.29 is 23.5 Å². The summed E-state index contributed by atoms with van der Waals surface area (Å²) in [4.78, 5) is 23.9. The van der Waals surface area contributed by atoms with Crippen LogP contribution in [0.2, 0.25) is 0 Å². The van der Waals surface area contributed by atoms with Gasteiger partial charge in [0.1, 0.15) is 0 Å². The molecule has 2 rings (SSSR count). The fourth-order valence-electron chi connectivity index (χ4n) is 2.40. The second-order valence-electron chi connectivity index (χ2n) is 5.80. The maximum Gasteiger partial charge on any atom is 0.311 e. The minimum absolute atomic E-state index is 0.105. The molecule has 0 fully saturated rings. The van der Waals surface area contributed by atoms with Gasteiger partial charge in [-0.2, -0.15) is 0 Å². The number of ether oxygens (including phenoxy) is 2. The van der Waals surface area contributed by atoms with Crippen LogP contribution in [0, 0.1) is 5.82 Å². The van der Waals surface area contributed by atoms with Crippen LogP contribution >= 0.6 is 0 Å². The van der Waals surface area contributed by atoms with Crippen LogP contribution in [0.4, 0.5) is 4.39 Å². The maximum atomic E-state index is 13.6. The Kier molecular flexibility index (Phi) is 7.14. The molecule has 2 aromatic carbocycles. The Labute approximate surface area is 152 Å². The van der Waals surface area contributed by atoms with Gasteiger partial charge in [0.25, 0.3) is 5.91 Å². The van der Waals surface area contributed by atoms with E-state index in [9.17, 15) is 14.0 Å². The van der Waals surface area contributed by atoms with E-state index < -0.39 is 17.9 Å². The van der Waals surface area contributed by atoms with Crippen LogP contribution < -0.4 is 10.1 Å². The van der Waals surface area contributed by atoms with Gasteiger partial charge < -0.3 is 14.8 Å². The number of carbonyl (C=O) groups excluding carboxylic acids is 2. The lowest BCUT2D eigenvalue weighted by Crippen LogP contribution is -2.37. The van der Waals surface area contributed by atoms with Crippen LogP contribution in [0.5, 0.6) is 5.75 Å². The summed E-state index contributed by atoms with van der Waals surface area (Å²) in [5.74, 6) is -1.41. The molecular formula is C20H22FNO4. The average Bonchev–Trinajstić information content (AvgIpc) is 2.62. The first kappa shape index (κ1) is 19.4. The summed E-state index contributed by atoms with van der Waals surface area (Å²) in [5.41, 5.74) is 1.56. The fourth-order valence-corrected chi connectivity index (χ4v) is 2.40. The van der Waals surface area contributed by atoms with Crippen molar-refractivity contribution in [1.29, 1.82) is 0 Å². The van der Waals surface area contributed by atoms with E-state index in [1.54, 1.807) is 6.07 Å². The summed E-state index contributed by atoms with van der Waals surface area (Å²) in [5, 5.41) is 2.73. The Bertz CT molecular complexity index is 749. The topological polar surface area (TPSA) is 64.6 Å². The molecule has 0 unspecified atom stereocenters. The highest BCUT2D eigenvalue weighted by molar-refractivity contribution is 5.83. The molecule has 0 radical (unpaired) electrons. The van der Waals surface area contributed by atoms with Crippen molar-refractivity contribution >= 4 is 11.9 Å². The molecule has 138 valence electrons. The summed E-state index contributed by atoms with van der Waals surface area (Å²) in [6.45, 7) is 1.96. The molecule has 1 atom stereocenters. The summed E-state index contributed by atoms with van der Waals surface area (Å²) in [6, 6.07) is 14.0. The molecule has 0 aliphatic carbocycles. The lowest BCUT2D eigenvalue weighted by molar-refractivity contribution is -0.154. The van der Waals surface area contributed by atoms with E-state index in [0.29, 0.717) is 18.5 Å². The number of benzene rings is 2. The lowest BCUT2D eigenvalue weighted by Gasteiger charge is -2.14. The summed E-state index contributed by atoms with van der Waals surface area (Å²) < 4.78 is 23.6. The number of hydrogen-bond donors (Lipinski definition) is 1. The number of nitrogens with one attached hydrogen (secondary N) is 1. The Hall–Kier alpha value is -2.89. The Morgan fingerprint density at radius 2 is 1.85 bits per heavy atom. The van der Waals surface area contributed by atoms with Gasteiger partial charge in [-0.25, -0.2) is 4.39 Å². The van der Waals surface area contributed by atoms with Gasteiger partial charge in [0, 0.05) is 6.54 Å². The molecular weight excluding hydrogens is 337 g/mol. The molecule has 1 N–H and O–H groups in total. The minimum atomic E-state index is -0.915. The Morgan fingerprint density at radius 3 is 2.50 bits per heavy atom. The third kappa shape index (κ3) is 5.88. The van der Waals surface area contributed by atoms with Crippen molar-refractivity contribution in [2.75, 3.05) is 13.7 Å². The van der Waals surface area contributed by atoms with E-state index >= 15 is 0 Å². The highest BCUT2D eigenvalue weighted by Crippen LogP contribution is 2.18. The van der Waals surface area contributed by atoms with E-state index in [1.165, 1.54) is 26.2 Å². The predicted molar refractivity (Wildman–Crippen MR) is 95.4 cm³/mol. The zero-order valence-electron chi connectivity index (χ0n) is 14.8. The number of hydrogen-bond acceptors (Lipinski definition) is 4. The first-order valence-electron chi connectivity index (χ1n) is 8.33. The summed E-state index contributed by atoms with van der Waals surface area (Å²) in [6.07, 6.45) is -0.345. The Balaban J connectivity index is 1.76. The number of methoxy groups -OCH3 is 1. The monoisotopic (exact) mass is 359 g/mol. The third-order valence-electron chi connectivity index (χ3n) is 3.80. The molecule has 2 aromatic rings. The van der Waals surface area contributed by atoms with Crippen LogP contribution in [0.1, 0.15) is 18.1 Å². The number of carbonyl (C=O) groups is 2. The van der Waals surface area contributed by atoms with Crippen LogP contribution in [-0.4, -0.2) is 31.6 Å². The highest BCUT2D eigenvalue weighted by atomic mass is 19.1. The molecule has 6 heteroatoms. The smallest absolute Gasteiger partial charge is 0.311 e. The summed E-state index contributed by atoms with van der Waals surface area (Å²) >= 11 is 0. The van der Waals surface area contributed by atoms with Gasteiger partial charge in [-0.05, 0) is 36.6 Å². The number of amides is 1. The van der Waals surface area contributed by atoms with Gasteiger partial charge in [0.15, 0.2) is 17.7 Å². The SMILES string of the molecule is COc1ccc(CC(=O)O[C@@H](C)C(=O)NCCc2ccccc2)cc1F. The molecule has 26 heavy (non-hydrogen) atoms. The molecule has 0 spiro atoms. The molecule has 0 bridgehead atoms. The van der Waals surface area contributed by atoms with Crippen molar-refractivity contribution in [3.05, 3.63) is 65.5 Å². The predicted octanol–water partition coefficient (Wildman–Crippen LogP) is 2.67. The number of halogens is 1. The zero-order valence-corrected chi connectivity index (χ0v) is 14.8. The molecule has 0 heterocycles. The second-order valence-corrected chi connectivity index (χ2v) is 5.80. The lowest BCUT2D eigenvalue weighted by atomic mass is 10.1. The molecule has 0 saturated heterocycles. The Morgan fingerprint density at radius 1 is 1.12 bits per heavy atom. The van der Waals surface area contributed by atoms with Gasteiger partial charge in [0.05, 0.1) is 13.5 Å². The second kappa shape index (κ2) is 9.56. The van der Waals surface area contributed by atoms with Gasteiger partial charge in [-0.1, -0.05) is 36.4 Å². The number of esters is 1. The van der Waals surface area contributed by atoms with E-state index in [2.05, 4.69) is 5.32 Å². The first-order chi connectivity index (χ1) is 12.5. The van der Waals surface area contributed by atoms with Crippen molar-refractivity contribution in [3.8, 4) is 5.75 Å². The van der Waals surface area contributed by atoms with Crippen LogP contribution in [-0.2, 0) is 27.2 Å². The van der Waals surface area contributed by atoms with E-state index in [0.717, 1.165) is 5.56 Å². The van der Waals surface area contributed by atoms with Gasteiger partial charge >= 0.3 is 5.97 Å². The van der Waals surface area contributed by atoms with Gasteiger partial charge in [-0.15, -0.1) is 0 Å². The molecule has 0 saturated carbocycles. The highest BCUT2D eigenvalue weighted by Gasteiger charge is 2.18. The van der Waals surface area contributed by atoms with Crippen molar-refractivity contribution in [1.82, 2.24) is 5.32 Å². The molecule has 0 aromatic heterocycles. The van der Waals surface area contributed by atoms with Crippen LogP contribution in [0.3, 0.4) is 0 Å². The van der Waals surface area contributed by atoms with Crippen molar-refractivity contribution in [3.63, 3.8) is 0 Å². The average molecular weight is 359 g/mol. The quantitative estimate of drug-likeness (QED) is 0.736. The van der Waals surface area contributed by atoms with Gasteiger partial charge in [-0.3, -0.25) is 9.59 Å². The largest absolute Gasteiger partial charge is 0.494 e. The zero-order chi connectivity index (χ0) is 18.9. The standard InChI is InChI=1S/C20H22FNO4/c1-14(20(24)22-11-10-15-6-4-3-5-7-15)26-19(23)13-16-8-9-18(25-2)17(21)12-16/h3-9,12,14H,10-11,13H2,1-2H3,(H,22,24)/t14-/m0/s1. The van der Waals surface area contributed by atoms with E-state index in [-0.39, 0.29) is 18.1 Å². The third-order valence-corrected chi connectivity index (χ3v) is 3.80. The molecule has 5 nitrogen and oxygen atoms in total. The number of rotatable bonds is 8. The van der Waals surface area contributed by atoms with Crippen molar-refractivity contribution in [2.24, 2.45) is 0 Å². The van der Waals surface area contributed by atoms with E-state index in [1.807, 2.05) is 30.3 Å².